The second kappa shape index (κ2) is 6.35. The molecule has 128 valence electrons. The lowest BCUT2D eigenvalue weighted by Gasteiger charge is -2.11. The lowest BCUT2D eigenvalue weighted by atomic mass is 10.1. The van der Waals surface area contributed by atoms with Crippen LogP contribution in [0.1, 0.15) is 27.2 Å². The van der Waals surface area contributed by atoms with Gasteiger partial charge in [-0.15, -0.1) is 24.5 Å². The van der Waals surface area contributed by atoms with Gasteiger partial charge in [-0.05, 0) is 49.1 Å². The minimum Gasteiger partial charge on any atom is -0.406 e. The number of carbonyl (C=O) groups excluding carboxylic acids is 1. The van der Waals surface area contributed by atoms with E-state index < -0.39 is 6.36 Å². The second-order valence-corrected chi connectivity index (χ2v) is 6.44. The van der Waals surface area contributed by atoms with E-state index in [4.69, 9.17) is 0 Å². The molecule has 1 amide bonds. The first kappa shape index (κ1) is 16.6. The van der Waals surface area contributed by atoms with E-state index in [1.165, 1.54) is 29.1 Å². The molecule has 0 spiro atoms. The third kappa shape index (κ3) is 3.48. The fourth-order valence-corrected chi connectivity index (χ4v) is 3.99. The number of anilines is 2. The van der Waals surface area contributed by atoms with Crippen LogP contribution in [0.5, 0.6) is 5.75 Å². The molecule has 2 N–H and O–H groups in total. The molecule has 1 aliphatic rings. The maximum absolute atomic E-state index is 12.6. The molecule has 1 aromatic carbocycles. The molecule has 1 aromatic heterocycles. The van der Waals surface area contributed by atoms with E-state index >= 15 is 0 Å². The van der Waals surface area contributed by atoms with Crippen LogP contribution in [0.25, 0.3) is 0 Å². The molecular formula is C16H15F3N2O2S. The van der Waals surface area contributed by atoms with Gasteiger partial charge in [0.1, 0.15) is 10.8 Å². The molecule has 0 bridgehead atoms. The Kier molecular flexibility index (Phi) is 4.40. The van der Waals surface area contributed by atoms with Crippen LogP contribution in [0.15, 0.2) is 24.3 Å². The van der Waals surface area contributed by atoms with Crippen molar-refractivity contribution in [2.24, 2.45) is 0 Å². The van der Waals surface area contributed by atoms with E-state index in [2.05, 4.69) is 15.4 Å². The van der Waals surface area contributed by atoms with Gasteiger partial charge in [-0.25, -0.2) is 0 Å². The Balaban J connectivity index is 1.76. The van der Waals surface area contributed by atoms with Crippen LogP contribution in [-0.2, 0) is 12.8 Å². The number of benzene rings is 1. The predicted molar refractivity (Wildman–Crippen MR) is 87.0 cm³/mol. The molecule has 0 aliphatic heterocycles. The number of rotatable bonds is 4. The van der Waals surface area contributed by atoms with E-state index in [0.717, 1.165) is 29.8 Å². The molecule has 0 radical (unpaired) electrons. The molecule has 0 fully saturated rings. The van der Waals surface area contributed by atoms with Crippen molar-refractivity contribution in [1.29, 1.82) is 0 Å². The number of nitrogens with one attached hydrogen (secondary N) is 2. The summed E-state index contributed by atoms with van der Waals surface area (Å²) in [6.07, 6.45) is -1.85. The van der Waals surface area contributed by atoms with Crippen molar-refractivity contribution in [3.05, 3.63) is 40.3 Å². The lowest BCUT2D eigenvalue weighted by molar-refractivity contribution is -0.274. The first-order chi connectivity index (χ1) is 11.4. The number of ether oxygens (including phenoxy) is 1. The van der Waals surface area contributed by atoms with Gasteiger partial charge in [-0.2, -0.15) is 0 Å². The predicted octanol–water partition coefficient (Wildman–Crippen LogP) is 4.43. The van der Waals surface area contributed by atoms with Gasteiger partial charge in [0.2, 0.25) is 0 Å². The maximum Gasteiger partial charge on any atom is 0.573 e. The zero-order chi connectivity index (χ0) is 17.3. The molecule has 3 rings (SSSR count). The molecule has 1 aliphatic carbocycles. The number of aryl methyl sites for hydroxylation is 1. The summed E-state index contributed by atoms with van der Waals surface area (Å²) < 4.78 is 40.3. The van der Waals surface area contributed by atoms with Gasteiger partial charge in [0, 0.05) is 17.6 Å². The Morgan fingerprint density at radius 1 is 1.21 bits per heavy atom. The summed E-state index contributed by atoms with van der Waals surface area (Å²) in [5.41, 5.74) is 2.11. The van der Waals surface area contributed by atoms with Crippen LogP contribution in [0, 0.1) is 0 Å². The average Bonchev–Trinajstić information content (AvgIpc) is 3.07. The first-order valence-corrected chi connectivity index (χ1v) is 8.18. The fourth-order valence-electron chi connectivity index (χ4n) is 2.75. The number of alkyl halides is 3. The van der Waals surface area contributed by atoms with Crippen molar-refractivity contribution in [1.82, 2.24) is 0 Å². The molecular weight excluding hydrogens is 341 g/mol. The number of hydrogen-bond acceptors (Lipinski definition) is 4. The monoisotopic (exact) mass is 356 g/mol. The van der Waals surface area contributed by atoms with E-state index in [0.29, 0.717) is 11.3 Å². The van der Waals surface area contributed by atoms with Crippen LogP contribution in [0.3, 0.4) is 0 Å². The Hall–Kier alpha value is -2.22. The van der Waals surface area contributed by atoms with Gasteiger partial charge in [-0.1, -0.05) is 0 Å². The molecule has 24 heavy (non-hydrogen) atoms. The standard InChI is InChI=1S/C16H15F3N2O2S/c1-20-15-13(11-3-2-4-12(11)24-15)14(22)21-9-5-7-10(8-6-9)23-16(17,18)19/h5-8,20H,2-4H2,1H3,(H,21,22). The van der Waals surface area contributed by atoms with Gasteiger partial charge in [0.15, 0.2) is 0 Å². The summed E-state index contributed by atoms with van der Waals surface area (Å²) in [6.45, 7) is 0. The fraction of sp³-hybridized carbons (Fsp3) is 0.312. The number of thiophene rings is 1. The molecule has 4 nitrogen and oxygen atoms in total. The van der Waals surface area contributed by atoms with Gasteiger partial charge in [-0.3, -0.25) is 4.79 Å². The molecule has 0 atom stereocenters. The van der Waals surface area contributed by atoms with E-state index in [1.54, 1.807) is 18.4 Å². The first-order valence-electron chi connectivity index (χ1n) is 7.37. The molecule has 8 heteroatoms. The largest absolute Gasteiger partial charge is 0.573 e. The van der Waals surface area contributed by atoms with Gasteiger partial charge < -0.3 is 15.4 Å². The topological polar surface area (TPSA) is 50.4 Å². The molecule has 0 saturated heterocycles. The molecule has 0 unspecified atom stereocenters. The zero-order valence-corrected chi connectivity index (χ0v) is 13.6. The summed E-state index contributed by atoms with van der Waals surface area (Å²) in [4.78, 5) is 13.8. The number of halogens is 3. The average molecular weight is 356 g/mol. The Bertz CT molecular complexity index is 754. The lowest BCUT2D eigenvalue weighted by Crippen LogP contribution is -2.17. The second-order valence-electron chi connectivity index (χ2n) is 5.34. The number of amides is 1. The normalized spacial score (nSPS) is 13.5. The van der Waals surface area contributed by atoms with Crippen LogP contribution >= 0.6 is 11.3 Å². The van der Waals surface area contributed by atoms with Gasteiger partial charge >= 0.3 is 6.36 Å². The highest BCUT2D eigenvalue weighted by Gasteiger charge is 2.31. The Morgan fingerprint density at radius 3 is 2.54 bits per heavy atom. The van der Waals surface area contributed by atoms with E-state index in [-0.39, 0.29) is 11.7 Å². The van der Waals surface area contributed by atoms with Crippen molar-refractivity contribution in [3.63, 3.8) is 0 Å². The Morgan fingerprint density at radius 2 is 1.92 bits per heavy atom. The highest BCUT2D eigenvalue weighted by atomic mass is 32.1. The quantitative estimate of drug-likeness (QED) is 0.852. The summed E-state index contributed by atoms with van der Waals surface area (Å²) in [6, 6.07) is 5.09. The smallest absolute Gasteiger partial charge is 0.406 e. The van der Waals surface area contributed by atoms with Gasteiger partial charge in [0.25, 0.3) is 5.91 Å². The van der Waals surface area contributed by atoms with Crippen LogP contribution in [0.2, 0.25) is 0 Å². The number of fused-ring (bicyclic) bond motifs is 1. The SMILES string of the molecule is CNc1sc2c(c1C(=O)Nc1ccc(OC(F)(F)F)cc1)CCC2. The van der Waals surface area contributed by atoms with Crippen LogP contribution in [0.4, 0.5) is 23.9 Å². The minimum atomic E-state index is -4.73. The highest BCUT2D eigenvalue weighted by molar-refractivity contribution is 7.16. The minimum absolute atomic E-state index is 0.261. The summed E-state index contributed by atoms with van der Waals surface area (Å²) in [5, 5.41) is 6.58. The number of carbonyl (C=O) groups is 1. The molecule has 0 saturated carbocycles. The van der Waals surface area contributed by atoms with Crippen molar-refractivity contribution in [3.8, 4) is 5.75 Å². The molecule has 2 aromatic rings. The maximum atomic E-state index is 12.6. The third-order valence-electron chi connectivity index (χ3n) is 3.72. The zero-order valence-electron chi connectivity index (χ0n) is 12.8. The summed E-state index contributed by atoms with van der Waals surface area (Å²) >= 11 is 1.58. The van der Waals surface area contributed by atoms with E-state index in [1.807, 2.05) is 0 Å². The van der Waals surface area contributed by atoms with Crippen molar-refractivity contribution < 1.29 is 22.7 Å². The third-order valence-corrected chi connectivity index (χ3v) is 5.03. The number of hydrogen-bond donors (Lipinski definition) is 2. The van der Waals surface area contributed by atoms with Crippen LogP contribution in [-0.4, -0.2) is 19.3 Å². The van der Waals surface area contributed by atoms with Crippen LogP contribution < -0.4 is 15.4 Å². The van der Waals surface area contributed by atoms with E-state index in [9.17, 15) is 18.0 Å². The van der Waals surface area contributed by atoms with Crippen molar-refractivity contribution in [2.75, 3.05) is 17.7 Å². The Labute approximate surface area is 140 Å². The summed E-state index contributed by atoms with van der Waals surface area (Å²) in [5.74, 6) is -0.587. The van der Waals surface area contributed by atoms with Crippen molar-refractivity contribution >= 4 is 27.9 Å². The summed E-state index contributed by atoms with van der Waals surface area (Å²) in [7, 11) is 1.76. The van der Waals surface area contributed by atoms with Crippen molar-refractivity contribution in [2.45, 2.75) is 25.6 Å². The van der Waals surface area contributed by atoms with Gasteiger partial charge in [0.05, 0.1) is 5.56 Å². The molecule has 1 heterocycles. The highest BCUT2D eigenvalue weighted by Crippen LogP contribution is 2.39.